The first-order chi connectivity index (χ1) is 18.7. The highest BCUT2D eigenvalue weighted by Gasteiger charge is 2.37. The Morgan fingerprint density at radius 1 is 0.436 bits per heavy atom. The molecule has 1 aromatic carbocycles. The Hall–Kier alpha value is -0.530. The molecule has 0 amide bonds. The molecule has 1 rings (SSSR count). The molecule has 230 valence electrons. The van der Waals surface area contributed by atoms with E-state index in [1.54, 1.807) is 10.5 Å². The summed E-state index contributed by atoms with van der Waals surface area (Å²) in [4.78, 5) is 1.63. The van der Waals surface area contributed by atoms with Crippen LogP contribution in [0.5, 0.6) is 0 Å². The molecule has 0 saturated heterocycles. The van der Waals surface area contributed by atoms with Crippen LogP contribution < -0.4 is 17.3 Å². The summed E-state index contributed by atoms with van der Waals surface area (Å²) in [5, 5.41) is 0. The topological polar surface area (TPSA) is 4.44 Å². The van der Waals surface area contributed by atoms with Gasteiger partial charge >= 0.3 is 0 Å². The number of hydrogen-bond donors (Lipinski definition) is 1. The van der Waals surface area contributed by atoms with Gasteiger partial charge < -0.3 is 17.3 Å². The smallest absolute Gasteiger partial charge is 0.123 e. The van der Waals surface area contributed by atoms with E-state index >= 15 is 0 Å². The second kappa shape index (κ2) is 27.6. The monoisotopic (exact) mass is 564 g/mol. The fourth-order valence-electron chi connectivity index (χ4n) is 6.50. The van der Waals surface area contributed by atoms with Gasteiger partial charge in [0.05, 0.1) is 14.1 Å². The zero-order valence-electron chi connectivity index (χ0n) is 27.1. The predicted octanol–water partition coefficient (Wildman–Crippen LogP) is 8.21. The van der Waals surface area contributed by atoms with Crippen molar-refractivity contribution in [3.8, 4) is 0 Å². The lowest BCUT2D eigenvalue weighted by molar-refractivity contribution is -0.925. The van der Waals surface area contributed by atoms with E-state index in [1.807, 2.05) is 0 Å². The lowest BCUT2D eigenvalue weighted by atomic mass is 9.79. The maximum atomic E-state index is 2.41. The van der Waals surface area contributed by atoms with Gasteiger partial charge in [0.1, 0.15) is 5.54 Å². The summed E-state index contributed by atoms with van der Waals surface area (Å²) < 4.78 is 0. The van der Waals surface area contributed by atoms with Gasteiger partial charge in [0, 0.05) is 18.4 Å². The molecule has 0 bridgehead atoms. The SMILES string of the molecule is CCCCCCCCCCCCCCC(CCCCCCCCCCCCCC)(c1ccccc1)[NH+](C)C.[Cl-]. The number of unbranched alkanes of at least 4 members (excludes halogenated alkanes) is 22. The highest BCUT2D eigenvalue weighted by atomic mass is 35.5. The Morgan fingerprint density at radius 2 is 0.718 bits per heavy atom. The van der Waals surface area contributed by atoms with Gasteiger partial charge in [0.25, 0.3) is 0 Å². The van der Waals surface area contributed by atoms with E-state index in [9.17, 15) is 0 Å². The lowest BCUT2D eigenvalue weighted by Gasteiger charge is -2.38. The van der Waals surface area contributed by atoms with E-state index in [-0.39, 0.29) is 17.9 Å². The zero-order valence-corrected chi connectivity index (χ0v) is 27.9. The van der Waals surface area contributed by atoms with Crippen LogP contribution >= 0.6 is 0 Å². The quantitative estimate of drug-likeness (QED) is 0.0979. The van der Waals surface area contributed by atoms with Crippen molar-refractivity contribution in [1.82, 2.24) is 0 Å². The Labute approximate surface area is 253 Å². The summed E-state index contributed by atoms with van der Waals surface area (Å²) in [6, 6.07) is 11.5. The van der Waals surface area contributed by atoms with Crippen molar-refractivity contribution in [1.29, 1.82) is 0 Å². The van der Waals surface area contributed by atoms with Crippen LogP contribution in [0.25, 0.3) is 0 Å². The third-order valence-corrected chi connectivity index (χ3v) is 9.20. The number of quaternary nitrogens is 1. The van der Waals surface area contributed by atoms with Gasteiger partial charge in [-0.25, -0.2) is 0 Å². The fraction of sp³-hybridized carbons (Fsp3) is 0.838. The largest absolute Gasteiger partial charge is 1.00 e. The van der Waals surface area contributed by atoms with Crippen molar-refractivity contribution < 1.29 is 17.3 Å². The molecule has 0 heterocycles. The van der Waals surface area contributed by atoms with Crippen LogP contribution in [-0.4, -0.2) is 14.1 Å². The maximum absolute atomic E-state index is 2.41. The van der Waals surface area contributed by atoms with Gasteiger partial charge in [-0.1, -0.05) is 185 Å². The summed E-state index contributed by atoms with van der Waals surface area (Å²) in [6.45, 7) is 4.62. The third-order valence-electron chi connectivity index (χ3n) is 9.20. The minimum atomic E-state index is 0. The van der Waals surface area contributed by atoms with E-state index in [2.05, 4.69) is 58.3 Å². The average molecular weight is 564 g/mol. The standard InChI is InChI=1S/C37H69N.ClH/c1-5-7-9-11-13-15-17-19-21-23-25-30-34-37(38(3)4,36-32-28-27-29-33-36)35-31-26-24-22-20-18-16-14-12-10-8-6-2;/h27-29,32-33H,5-26,30-31,34-35H2,1-4H3;1H. The Morgan fingerprint density at radius 3 is 1.00 bits per heavy atom. The Bertz CT molecular complexity index is 571. The molecule has 0 spiro atoms. The first kappa shape index (κ1) is 38.5. The molecule has 0 aromatic heterocycles. The number of nitrogens with one attached hydrogen (secondary N) is 1. The molecule has 0 atom stereocenters. The third kappa shape index (κ3) is 19.3. The van der Waals surface area contributed by atoms with Crippen LogP contribution in [0, 0.1) is 0 Å². The minimum absolute atomic E-state index is 0. The lowest BCUT2D eigenvalue weighted by Crippen LogP contribution is -3.13. The van der Waals surface area contributed by atoms with Gasteiger partial charge in [-0.15, -0.1) is 0 Å². The van der Waals surface area contributed by atoms with Crippen molar-refractivity contribution in [3.05, 3.63) is 35.9 Å². The minimum Gasteiger partial charge on any atom is -1.00 e. The molecular weight excluding hydrogens is 494 g/mol. The maximum Gasteiger partial charge on any atom is 0.123 e. The highest BCUT2D eigenvalue weighted by Crippen LogP contribution is 2.31. The highest BCUT2D eigenvalue weighted by molar-refractivity contribution is 5.22. The normalized spacial score (nSPS) is 11.7. The second-order valence-corrected chi connectivity index (χ2v) is 12.7. The average Bonchev–Trinajstić information content (AvgIpc) is 2.93. The van der Waals surface area contributed by atoms with Gasteiger partial charge in [0.2, 0.25) is 0 Å². The van der Waals surface area contributed by atoms with Crippen LogP contribution in [0.3, 0.4) is 0 Å². The Kier molecular flexibility index (Phi) is 27.3. The summed E-state index contributed by atoms with van der Waals surface area (Å²) in [5.74, 6) is 0. The molecule has 39 heavy (non-hydrogen) atoms. The van der Waals surface area contributed by atoms with Crippen LogP contribution in [-0.2, 0) is 5.54 Å². The Balaban J connectivity index is 0.0000144. The predicted molar refractivity (Wildman–Crippen MR) is 172 cm³/mol. The molecule has 0 aliphatic rings. The molecule has 2 heteroatoms. The zero-order chi connectivity index (χ0) is 27.6. The van der Waals surface area contributed by atoms with E-state index < -0.39 is 0 Å². The van der Waals surface area contributed by atoms with Crippen molar-refractivity contribution >= 4 is 0 Å². The van der Waals surface area contributed by atoms with Crippen molar-refractivity contribution in [2.75, 3.05) is 14.1 Å². The molecular formula is C37H70ClN. The summed E-state index contributed by atoms with van der Waals surface area (Å²) in [7, 11) is 4.82. The van der Waals surface area contributed by atoms with Crippen LogP contribution in [0.2, 0.25) is 0 Å². The van der Waals surface area contributed by atoms with Crippen molar-refractivity contribution in [2.24, 2.45) is 0 Å². The van der Waals surface area contributed by atoms with Crippen LogP contribution in [0.1, 0.15) is 186 Å². The van der Waals surface area contributed by atoms with E-state index in [1.165, 1.54) is 167 Å². The van der Waals surface area contributed by atoms with Crippen LogP contribution in [0.15, 0.2) is 30.3 Å². The fourth-order valence-corrected chi connectivity index (χ4v) is 6.50. The van der Waals surface area contributed by atoms with Gasteiger partial charge in [-0.3, -0.25) is 0 Å². The summed E-state index contributed by atoms with van der Waals surface area (Å²) in [6.07, 6.45) is 37.1. The molecule has 1 N–H and O–H groups in total. The van der Waals surface area contributed by atoms with Gasteiger partial charge in [0.15, 0.2) is 0 Å². The van der Waals surface area contributed by atoms with E-state index in [0.29, 0.717) is 0 Å². The summed E-state index contributed by atoms with van der Waals surface area (Å²) >= 11 is 0. The van der Waals surface area contributed by atoms with Crippen LogP contribution in [0.4, 0.5) is 0 Å². The van der Waals surface area contributed by atoms with E-state index in [0.717, 1.165) is 0 Å². The van der Waals surface area contributed by atoms with Gasteiger partial charge in [-0.05, 0) is 12.8 Å². The first-order valence-corrected chi connectivity index (χ1v) is 17.5. The molecule has 0 aliphatic heterocycles. The van der Waals surface area contributed by atoms with E-state index in [4.69, 9.17) is 0 Å². The molecule has 1 nitrogen and oxygen atoms in total. The first-order valence-electron chi connectivity index (χ1n) is 17.5. The molecule has 1 aromatic rings. The summed E-state index contributed by atoms with van der Waals surface area (Å²) in [5.41, 5.74) is 1.87. The molecule has 0 radical (unpaired) electrons. The number of rotatable bonds is 28. The molecule has 0 unspecified atom stereocenters. The number of hydrogen-bond acceptors (Lipinski definition) is 0. The molecule has 0 aliphatic carbocycles. The molecule has 0 fully saturated rings. The number of benzene rings is 1. The number of halogens is 1. The van der Waals surface area contributed by atoms with Crippen molar-refractivity contribution in [2.45, 2.75) is 186 Å². The van der Waals surface area contributed by atoms with Crippen molar-refractivity contribution in [3.63, 3.8) is 0 Å². The molecule has 0 saturated carbocycles. The van der Waals surface area contributed by atoms with Gasteiger partial charge in [-0.2, -0.15) is 0 Å². The second-order valence-electron chi connectivity index (χ2n) is 12.7.